The van der Waals surface area contributed by atoms with E-state index in [4.69, 9.17) is 4.74 Å². The Morgan fingerprint density at radius 2 is 1.90 bits per heavy atom. The van der Waals surface area contributed by atoms with Crippen LogP contribution < -0.4 is 14.8 Å². The van der Waals surface area contributed by atoms with Crippen molar-refractivity contribution in [1.82, 2.24) is 14.5 Å². The highest BCUT2D eigenvalue weighted by molar-refractivity contribution is 7.90. The minimum Gasteiger partial charge on any atom is -0.476 e. The fraction of sp³-hybridized carbons (Fsp3) is 0.524. The van der Waals surface area contributed by atoms with Gasteiger partial charge in [0.05, 0.1) is 19.3 Å². The zero-order valence-electron chi connectivity index (χ0n) is 17.0. The summed E-state index contributed by atoms with van der Waals surface area (Å²) in [6.07, 6.45) is 8.14. The van der Waals surface area contributed by atoms with E-state index in [0.29, 0.717) is 19.1 Å². The SMILES string of the molecule is CCC1COc2c(S(=O)(=O)NC(=O)Nc3c4c(cc5c3CCC5)CCC4)cnn2C1. The van der Waals surface area contributed by atoms with Crippen molar-refractivity contribution in [2.24, 2.45) is 5.92 Å². The Morgan fingerprint density at radius 1 is 1.20 bits per heavy atom. The molecule has 0 fully saturated rings. The smallest absolute Gasteiger partial charge is 0.333 e. The molecule has 0 bridgehead atoms. The minimum absolute atomic E-state index is 0.101. The van der Waals surface area contributed by atoms with Gasteiger partial charge in [-0.05, 0) is 67.2 Å². The summed E-state index contributed by atoms with van der Waals surface area (Å²) in [5.74, 6) is 0.493. The van der Waals surface area contributed by atoms with E-state index < -0.39 is 16.1 Å². The van der Waals surface area contributed by atoms with Crippen LogP contribution in [0.3, 0.4) is 0 Å². The normalized spacial score (nSPS) is 19.6. The second kappa shape index (κ2) is 7.30. The molecule has 2 amide bonds. The molecular weight excluding hydrogens is 404 g/mol. The van der Waals surface area contributed by atoms with Crippen molar-refractivity contribution in [3.63, 3.8) is 0 Å². The summed E-state index contributed by atoms with van der Waals surface area (Å²) in [6, 6.07) is 1.52. The van der Waals surface area contributed by atoms with Crippen LogP contribution in [0.2, 0.25) is 0 Å². The molecule has 5 rings (SSSR count). The number of aryl methyl sites for hydroxylation is 2. The fourth-order valence-electron chi connectivity index (χ4n) is 4.84. The van der Waals surface area contributed by atoms with E-state index >= 15 is 0 Å². The zero-order valence-corrected chi connectivity index (χ0v) is 17.8. The molecule has 3 aliphatic rings. The van der Waals surface area contributed by atoms with Crippen LogP contribution in [-0.4, -0.2) is 30.8 Å². The van der Waals surface area contributed by atoms with E-state index in [-0.39, 0.29) is 10.8 Å². The minimum atomic E-state index is -4.10. The first-order valence-electron chi connectivity index (χ1n) is 10.6. The van der Waals surface area contributed by atoms with E-state index in [1.54, 1.807) is 4.68 Å². The number of ether oxygens (including phenoxy) is 1. The van der Waals surface area contributed by atoms with Gasteiger partial charge in [-0.3, -0.25) is 0 Å². The van der Waals surface area contributed by atoms with Crippen molar-refractivity contribution in [3.8, 4) is 5.88 Å². The van der Waals surface area contributed by atoms with Crippen LogP contribution in [0.15, 0.2) is 17.2 Å². The molecule has 0 saturated heterocycles. The number of rotatable bonds is 4. The van der Waals surface area contributed by atoms with E-state index in [2.05, 4.69) is 28.1 Å². The van der Waals surface area contributed by atoms with Gasteiger partial charge >= 0.3 is 6.03 Å². The molecule has 0 saturated carbocycles. The van der Waals surface area contributed by atoms with Gasteiger partial charge in [0.2, 0.25) is 5.88 Å². The van der Waals surface area contributed by atoms with Gasteiger partial charge in [0.1, 0.15) is 0 Å². The van der Waals surface area contributed by atoms with Gasteiger partial charge in [-0.2, -0.15) is 5.10 Å². The summed E-state index contributed by atoms with van der Waals surface area (Å²) >= 11 is 0. The number of hydrogen-bond donors (Lipinski definition) is 2. The molecule has 1 aliphatic heterocycles. The highest BCUT2D eigenvalue weighted by atomic mass is 32.2. The van der Waals surface area contributed by atoms with Crippen LogP contribution in [0.25, 0.3) is 0 Å². The van der Waals surface area contributed by atoms with Crippen LogP contribution >= 0.6 is 0 Å². The molecule has 1 aromatic heterocycles. The van der Waals surface area contributed by atoms with Crippen LogP contribution in [-0.2, 0) is 42.3 Å². The van der Waals surface area contributed by atoms with Crippen molar-refractivity contribution < 1.29 is 17.9 Å². The number of carbonyl (C=O) groups excluding carboxylic acids is 1. The van der Waals surface area contributed by atoms with Crippen LogP contribution in [0.1, 0.15) is 48.4 Å². The number of urea groups is 1. The number of benzene rings is 1. The van der Waals surface area contributed by atoms with E-state index in [0.717, 1.165) is 61.8 Å². The summed E-state index contributed by atoms with van der Waals surface area (Å²) < 4.78 is 35.1. The molecule has 9 heteroatoms. The van der Waals surface area contributed by atoms with E-state index in [9.17, 15) is 13.2 Å². The van der Waals surface area contributed by atoms with Crippen LogP contribution in [0.4, 0.5) is 10.5 Å². The highest BCUT2D eigenvalue weighted by Crippen LogP contribution is 2.38. The average molecular weight is 431 g/mol. The van der Waals surface area contributed by atoms with Gasteiger partial charge in [-0.15, -0.1) is 0 Å². The molecule has 2 aromatic rings. The van der Waals surface area contributed by atoms with Gasteiger partial charge in [0, 0.05) is 11.6 Å². The van der Waals surface area contributed by atoms with Gasteiger partial charge in [0.25, 0.3) is 10.0 Å². The molecule has 2 heterocycles. The van der Waals surface area contributed by atoms with E-state index in [1.807, 2.05) is 0 Å². The lowest BCUT2D eigenvalue weighted by atomic mass is 9.99. The standard InChI is InChI=1S/C21H26N4O4S/c1-2-13-11-25-20(29-12-13)18(10-22-25)30(27,28)24-21(26)23-19-16-7-3-5-14(16)9-15-6-4-8-17(15)19/h9-10,13H,2-8,11-12H2,1H3,(H2,23,24,26). The molecule has 30 heavy (non-hydrogen) atoms. The van der Waals surface area contributed by atoms with Crippen molar-refractivity contribution >= 4 is 21.7 Å². The lowest BCUT2D eigenvalue weighted by molar-refractivity contribution is 0.157. The largest absolute Gasteiger partial charge is 0.476 e. The summed E-state index contributed by atoms with van der Waals surface area (Å²) in [4.78, 5) is 12.6. The third kappa shape index (κ3) is 3.25. The first-order chi connectivity index (χ1) is 14.5. The van der Waals surface area contributed by atoms with Crippen molar-refractivity contribution in [2.45, 2.75) is 63.3 Å². The molecule has 0 radical (unpaired) electrons. The molecule has 1 unspecified atom stereocenters. The maximum Gasteiger partial charge on any atom is 0.333 e. The molecule has 2 N–H and O–H groups in total. The third-order valence-corrected chi connectivity index (χ3v) is 7.77. The Morgan fingerprint density at radius 3 is 2.57 bits per heavy atom. The van der Waals surface area contributed by atoms with Gasteiger partial charge in [-0.1, -0.05) is 13.0 Å². The van der Waals surface area contributed by atoms with Crippen molar-refractivity contribution in [1.29, 1.82) is 0 Å². The fourth-order valence-corrected chi connectivity index (χ4v) is 5.83. The summed E-state index contributed by atoms with van der Waals surface area (Å²) in [7, 11) is -4.10. The molecule has 8 nitrogen and oxygen atoms in total. The molecule has 1 atom stereocenters. The Kier molecular flexibility index (Phi) is 4.72. The lowest BCUT2D eigenvalue weighted by Gasteiger charge is -2.23. The third-order valence-electron chi connectivity index (χ3n) is 6.45. The quantitative estimate of drug-likeness (QED) is 0.777. The number of amides is 2. The van der Waals surface area contributed by atoms with Crippen LogP contribution in [0.5, 0.6) is 5.88 Å². The average Bonchev–Trinajstić information content (AvgIpc) is 3.45. The number of fused-ring (bicyclic) bond motifs is 3. The second-order valence-electron chi connectivity index (χ2n) is 8.38. The number of aromatic nitrogens is 2. The monoisotopic (exact) mass is 430 g/mol. The summed E-state index contributed by atoms with van der Waals surface area (Å²) in [5.41, 5.74) is 5.67. The Labute approximate surface area is 176 Å². The van der Waals surface area contributed by atoms with Crippen LogP contribution in [0, 0.1) is 5.92 Å². The number of anilines is 1. The number of nitrogens with zero attached hydrogens (tertiary/aromatic N) is 2. The molecule has 1 aromatic carbocycles. The van der Waals surface area contributed by atoms with Crippen molar-refractivity contribution in [3.05, 3.63) is 34.5 Å². The maximum absolute atomic E-state index is 12.9. The maximum atomic E-state index is 12.9. The Balaban J connectivity index is 1.38. The molecular formula is C21H26N4O4S. The highest BCUT2D eigenvalue weighted by Gasteiger charge is 2.31. The lowest BCUT2D eigenvalue weighted by Crippen LogP contribution is -2.35. The summed E-state index contributed by atoms with van der Waals surface area (Å²) in [6.45, 7) is 3.11. The molecule has 0 spiro atoms. The van der Waals surface area contributed by atoms with Crippen molar-refractivity contribution in [2.75, 3.05) is 11.9 Å². The Bertz CT molecular complexity index is 1090. The zero-order chi connectivity index (χ0) is 20.9. The molecule has 160 valence electrons. The van der Waals surface area contributed by atoms with Gasteiger partial charge in [-0.25, -0.2) is 22.6 Å². The number of nitrogens with one attached hydrogen (secondary N) is 2. The Hall–Kier alpha value is -2.55. The second-order valence-corrected chi connectivity index (χ2v) is 10.0. The first-order valence-corrected chi connectivity index (χ1v) is 12.1. The van der Waals surface area contributed by atoms with Gasteiger partial charge < -0.3 is 10.1 Å². The topological polar surface area (TPSA) is 102 Å². The number of sulfonamides is 1. The first kappa shape index (κ1) is 19.4. The van der Waals surface area contributed by atoms with Gasteiger partial charge in [0.15, 0.2) is 4.90 Å². The predicted molar refractivity (Wildman–Crippen MR) is 111 cm³/mol. The summed E-state index contributed by atoms with van der Waals surface area (Å²) in [5, 5.41) is 7.01. The van der Waals surface area contributed by atoms with E-state index in [1.165, 1.54) is 17.3 Å². The number of carbonyl (C=O) groups is 1. The molecule has 2 aliphatic carbocycles. The predicted octanol–water partition coefficient (Wildman–Crippen LogP) is 2.79. The number of hydrogen-bond acceptors (Lipinski definition) is 5.